The first-order valence-corrected chi connectivity index (χ1v) is 8.61. The first-order valence-electron chi connectivity index (χ1n) is 7.45. The van der Waals surface area contributed by atoms with Crippen LogP contribution in [0.25, 0.3) is 0 Å². The number of hydrogen-bond donors (Lipinski definition) is 1. The van der Waals surface area contributed by atoms with Crippen molar-refractivity contribution in [3.63, 3.8) is 0 Å². The van der Waals surface area contributed by atoms with Crippen LogP contribution in [0.1, 0.15) is 31.2 Å². The van der Waals surface area contributed by atoms with Gasteiger partial charge in [0, 0.05) is 19.2 Å². The molecule has 1 unspecified atom stereocenters. The van der Waals surface area contributed by atoms with E-state index in [9.17, 15) is 4.39 Å². The van der Waals surface area contributed by atoms with E-state index in [1.807, 2.05) is 17.8 Å². The zero-order chi connectivity index (χ0) is 13.8. The van der Waals surface area contributed by atoms with Crippen molar-refractivity contribution in [2.45, 2.75) is 43.9 Å². The molecule has 2 saturated heterocycles. The average Bonchev–Trinajstić information content (AvgIpc) is 2.46. The van der Waals surface area contributed by atoms with E-state index in [0.717, 1.165) is 31.6 Å². The van der Waals surface area contributed by atoms with Gasteiger partial charge < -0.3 is 10.1 Å². The highest BCUT2D eigenvalue weighted by Gasteiger charge is 2.38. The fraction of sp³-hybridized carbons (Fsp3) is 0.625. The molecular weight excluding hydrogens is 273 g/mol. The molecule has 1 aromatic carbocycles. The van der Waals surface area contributed by atoms with Crippen molar-refractivity contribution in [1.29, 1.82) is 0 Å². The van der Waals surface area contributed by atoms with Gasteiger partial charge >= 0.3 is 0 Å². The van der Waals surface area contributed by atoms with Crippen molar-refractivity contribution in [3.05, 3.63) is 35.6 Å². The molecule has 1 N–H and O–H groups in total. The molecule has 1 spiro atoms. The van der Waals surface area contributed by atoms with E-state index in [0.29, 0.717) is 6.04 Å². The number of rotatable bonds is 3. The lowest BCUT2D eigenvalue weighted by Crippen LogP contribution is -2.48. The first kappa shape index (κ1) is 14.4. The van der Waals surface area contributed by atoms with Gasteiger partial charge in [0.15, 0.2) is 0 Å². The molecule has 2 fully saturated rings. The Morgan fingerprint density at radius 3 is 3.00 bits per heavy atom. The molecule has 0 saturated carbocycles. The number of thioether (sulfide) groups is 1. The van der Waals surface area contributed by atoms with Crippen LogP contribution in [0.15, 0.2) is 24.3 Å². The number of nitrogens with one attached hydrogen (secondary N) is 1. The quantitative estimate of drug-likeness (QED) is 0.924. The summed E-state index contributed by atoms with van der Waals surface area (Å²) >= 11 is 2.03. The summed E-state index contributed by atoms with van der Waals surface area (Å²) < 4.78 is 19.3. The molecule has 20 heavy (non-hydrogen) atoms. The second kappa shape index (κ2) is 6.46. The van der Waals surface area contributed by atoms with Gasteiger partial charge in [-0.15, -0.1) is 0 Å². The van der Waals surface area contributed by atoms with Crippen LogP contribution in [0.3, 0.4) is 0 Å². The minimum absolute atomic E-state index is 0.114. The molecule has 2 heterocycles. The second-order valence-electron chi connectivity index (χ2n) is 5.84. The summed E-state index contributed by atoms with van der Waals surface area (Å²) in [6, 6.07) is 7.35. The largest absolute Gasteiger partial charge is 0.375 e. The molecule has 2 aliphatic heterocycles. The SMILES string of the molecule is Fc1cccc(CNC2CCOC3(CCSCC3)C2)c1. The van der Waals surface area contributed by atoms with Crippen LogP contribution in [0.5, 0.6) is 0 Å². The number of ether oxygens (including phenoxy) is 1. The van der Waals surface area contributed by atoms with Gasteiger partial charge in [-0.1, -0.05) is 12.1 Å². The maximum Gasteiger partial charge on any atom is 0.123 e. The van der Waals surface area contributed by atoms with Gasteiger partial charge in [-0.25, -0.2) is 4.39 Å². The Kier molecular flexibility index (Phi) is 4.64. The lowest BCUT2D eigenvalue weighted by atomic mass is 9.85. The molecule has 0 amide bonds. The Bertz CT molecular complexity index is 442. The van der Waals surface area contributed by atoms with Crippen molar-refractivity contribution < 1.29 is 9.13 Å². The number of hydrogen-bond acceptors (Lipinski definition) is 3. The predicted octanol–water partition coefficient (Wildman–Crippen LogP) is 3.36. The molecule has 0 bridgehead atoms. The molecule has 110 valence electrons. The third-order valence-electron chi connectivity index (χ3n) is 4.38. The monoisotopic (exact) mass is 295 g/mol. The van der Waals surface area contributed by atoms with Gasteiger partial charge in [0.25, 0.3) is 0 Å². The van der Waals surface area contributed by atoms with Gasteiger partial charge in [-0.05, 0) is 54.9 Å². The van der Waals surface area contributed by atoms with Crippen LogP contribution >= 0.6 is 11.8 Å². The fourth-order valence-corrected chi connectivity index (χ4v) is 4.44. The van der Waals surface area contributed by atoms with Crippen molar-refractivity contribution in [2.75, 3.05) is 18.1 Å². The van der Waals surface area contributed by atoms with Crippen LogP contribution in [0, 0.1) is 5.82 Å². The van der Waals surface area contributed by atoms with Crippen molar-refractivity contribution in [3.8, 4) is 0 Å². The van der Waals surface area contributed by atoms with Crippen LogP contribution in [0.2, 0.25) is 0 Å². The summed E-state index contributed by atoms with van der Waals surface area (Å²) in [6.07, 6.45) is 4.51. The van der Waals surface area contributed by atoms with E-state index in [-0.39, 0.29) is 11.4 Å². The van der Waals surface area contributed by atoms with E-state index < -0.39 is 0 Å². The van der Waals surface area contributed by atoms with Crippen molar-refractivity contribution in [2.24, 2.45) is 0 Å². The summed E-state index contributed by atoms with van der Waals surface area (Å²) in [5.41, 5.74) is 1.13. The lowest BCUT2D eigenvalue weighted by Gasteiger charge is -2.43. The maximum absolute atomic E-state index is 13.2. The topological polar surface area (TPSA) is 21.3 Å². The first-order chi connectivity index (χ1) is 9.76. The standard InChI is InChI=1S/C16H22FNOS/c17-14-3-1-2-13(10-14)12-18-15-4-7-19-16(11-15)5-8-20-9-6-16/h1-3,10,15,18H,4-9,11-12H2. The smallest absolute Gasteiger partial charge is 0.123 e. The minimum atomic E-state index is -0.156. The Morgan fingerprint density at radius 1 is 1.35 bits per heavy atom. The lowest BCUT2D eigenvalue weighted by molar-refractivity contribution is -0.0933. The number of halogens is 1. The van der Waals surface area contributed by atoms with E-state index >= 15 is 0 Å². The van der Waals surface area contributed by atoms with Crippen molar-refractivity contribution in [1.82, 2.24) is 5.32 Å². The van der Waals surface area contributed by atoms with Crippen LogP contribution in [0.4, 0.5) is 4.39 Å². The summed E-state index contributed by atoms with van der Waals surface area (Å²) in [6.45, 7) is 1.60. The normalized spacial score (nSPS) is 25.8. The minimum Gasteiger partial charge on any atom is -0.375 e. The summed E-state index contributed by atoms with van der Waals surface area (Å²) in [5, 5.41) is 3.58. The molecule has 2 aliphatic rings. The summed E-state index contributed by atoms with van der Waals surface area (Å²) in [7, 11) is 0. The molecular formula is C16H22FNOS. The van der Waals surface area contributed by atoms with Crippen molar-refractivity contribution >= 4 is 11.8 Å². The Labute approximate surface area is 124 Å². The van der Waals surface area contributed by atoms with Gasteiger partial charge in [0.1, 0.15) is 5.82 Å². The second-order valence-corrected chi connectivity index (χ2v) is 7.07. The molecule has 3 rings (SSSR count). The molecule has 4 heteroatoms. The van der Waals surface area contributed by atoms with E-state index in [1.54, 1.807) is 12.1 Å². The summed E-state index contributed by atoms with van der Waals surface area (Å²) in [5.74, 6) is 2.28. The molecule has 0 radical (unpaired) electrons. The van der Waals surface area contributed by atoms with E-state index in [1.165, 1.54) is 30.4 Å². The van der Waals surface area contributed by atoms with Gasteiger partial charge in [-0.3, -0.25) is 0 Å². The Balaban J connectivity index is 1.55. The average molecular weight is 295 g/mol. The molecule has 0 aromatic heterocycles. The maximum atomic E-state index is 13.2. The fourth-order valence-electron chi connectivity index (χ4n) is 3.20. The van der Waals surface area contributed by atoms with Gasteiger partial charge in [-0.2, -0.15) is 11.8 Å². The molecule has 1 aromatic rings. The zero-order valence-corrected chi connectivity index (χ0v) is 12.6. The van der Waals surface area contributed by atoms with Crippen LogP contribution in [-0.2, 0) is 11.3 Å². The third-order valence-corrected chi connectivity index (χ3v) is 5.37. The van der Waals surface area contributed by atoms with E-state index in [2.05, 4.69) is 5.32 Å². The highest BCUT2D eigenvalue weighted by molar-refractivity contribution is 7.99. The van der Waals surface area contributed by atoms with Gasteiger partial charge in [0.2, 0.25) is 0 Å². The Hall–Kier alpha value is -0.580. The predicted molar refractivity (Wildman–Crippen MR) is 81.5 cm³/mol. The van der Waals surface area contributed by atoms with E-state index in [4.69, 9.17) is 4.74 Å². The highest BCUT2D eigenvalue weighted by atomic mass is 32.2. The van der Waals surface area contributed by atoms with Gasteiger partial charge in [0.05, 0.1) is 5.60 Å². The Morgan fingerprint density at radius 2 is 2.20 bits per heavy atom. The molecule has 1 atom stereocenters. The third kappa shape index (κ3) is 3.54. The van der Waals surface area contributed by atoms with Crippen LogP contribution in [-0.4, -0.2) is 29.8 Å². The molecule has 2 nitrogen and oxygen atoms in total. The highest BCUT2D eigenvalue weighted by Crippen LogP contribution is 2.37. The summed E-state index contributed by atoms with van der Waals surface area (Å²) in [4.78, 5) is 0. The zero-order valence-electron chi connectivity index (χ0n) is 11.7. The van der Waals surface area contributed by atoms with Crippen LogP contribution < -0.4 is 5.32 Å². The molecule has 0 aliphatic carbocycles. The number of benzene rings is 1.